The maximum atomic E-state index is 11.9. The van der Waals surface area contributed by atoms with E-state index < -0.39 is 12.1 Å². The highest BCUT2D eigenvalue weighted by atomic mass is 16.5. The molecule has 102 valence electrons. The van der Waals surface area contributed by atoms with Crippen LogP contribution in [0.5, 0.6) is 0 Å². The Hall–Kier alpha value is -2.04. The van der Waals surface area contributed by atoms with E-state index in [1.807, 2.05) is 6.92 Å². The number of rotatable bonds is 4. The molecule has 1 aromatic carbocycles. The largest absolute Gasteiger partial charge is 0.449 e. The van der Waals surface area contributed by atoms with Gasteiger partial charge in [-0.2, -0.15) is 0 Å². The molecule has 3 N–H and O–H groups in total. The number of amides is 1. The number of nitrogens with two attached hydrogens (primary N) is 1. The van der Waals surface area contributed by atoms with Crippen LogP contribution in [0.15, 0.2) is 18.2 Å². The van der Waals surface area contributed by atoms with Crippen molar-refractivity contribution in [2.24, 2.45) is 0 Å². The summed E-state index contributed by atoms with van der Waals surface area (Å²) in [6.07, 6.45) is 1.21. The molecule has 1 aromatic rings. The summed E-state index contributed by atoms with van der Waals surface area (Å²) >= 11 is 0. The van der Waals surface area contributed by atoms with Crippen molar-refractivity contribution in [1.29, 1.82) is 0 Å². The predicted octanol–water partition coefficient (Wildman–Crippen LogP) is 1.40. The van der Waals surface area contributed by atoms with E-state index in [0.29, 0.717) is 11.3 Å². The number of carbonyl (C=O) groups is 2. The molecular formula is C14H18N2O3. The number of aryl methyl sites for hydroxylation is 1. The average molecular weight is 262 g/mol. The third kappa shape index (κ3) is 3.47. The molecule has 0 spiro atoms. The second-order valence-electron chi connectivity index (χ2n) is 4.90. The minimum absolute atomic E-state index is 0.253. The first-order valence-electron chi connectivity index (χ1n) is 6.35. The Morgan fingerprint density at radius 2 is 2.11 bits per heavy atom. The van der Waals surface area contributed by atoms with E-state index in [9.17, 15) is 9.59 Å². The minimum Gasteiger partial charge on any atom is -0.449 e. The zero-order chi connectivity index (χ0) is 14.0. The summed E-state index contributed by atoms with van der Waals surface area (Å²) in [7, 11) is 0. The number of hydrogen-bond donors (Lipinski definition) is 2. The molecule has 0 saturated heterocycles. The Morgan fingerprint density at radius 1 is 1.42 bits per heavy atom. The van der Waals surface area contributed by atoms with Gasteiger partial charge in [-0.3, -0.25) is 4.79 Å². The van der Waals surface area contributed by atoms with Gasteiger partial charge in [0.2, 0.25) is 0 Å². The second-order valence-corrected chi connectivity index (χ2v) is 4.90. The fraction of sp³-hybridized carbons (Fsp3) is 0.429. The molecule has 5 nitrogen and oxygen atoms in total. The lowest BCUT2D eigenvalue weighted by Gasteiger charge is -2.13. The van der Waals surface area contributed by atoms with Crippen LogP contribution in [0.2, 0.25) is 0 Å². The summed E-state index contributed by atoms with van der Waals surface area (Å²) in [5.74, 6) is -0.791. The second kappa shape index (κ2) is 5.30. The van der Waals surface area contributed by atoms with Crippen LogP contribution in [-0.2, 0) is 9.53 Å². The number of hydrogen-bond acceptors (Lipinski definition) is 4. The number of ether oxygens (including phenoxy) is 1. The van der Waals surface area contributed by atoms with Gasteiger partial charge >= 0.3 is 5.97 Å². The number of esters is 1. The molecule has 1 aliphatic carbocycles. The summed E-state index contributed by atoms with van der Waals surface area (Å²) in [6.45, 7) is 3.42. The molecule has 1 atom stereocenters. The van der Waals surface area contributed by atoms with E-state index in [2.05, 4.69) is 5.32 Å². The van der Waals surface area contributed by atoms with E-state index in [-0.39, 0.29) is 11.9 Å². The van der Waals surface area contributed by atoms with Crippen molar-refractivity contribution in [3.63, 3.8) is 0 Å². The molecule has 0 aliphatic heterocycles. The third-order valence-corrected chi connectivity index (χ3v) is 3.09. The highest BCUT2D eigenvalue weighted by Crippen LogP contribution is 2.19. The van der Waals surface area contributed by atoms with Gasteiger partial charge in [-0.15, -0.1) is 0 Å². The van der Waals surface area contributed by atoms with Crippen LogP contribution in [0.25, 0.3) is 0 Å². The summed E-state index contributed by atoms with van der Waals surface area (Å²) < 4.78 is 5.12. The number of nitrogen functional groups attached to an aromatic ring is 1. The highest BCUT2D eigenvalue weighted by molar-refractivity contribution is 5.93. The van der Waals surface area contributed by atoms with Gasteiger partial charge in [0.25, 0.3) is 5.91 Å². The molecule has 1 aliphatic rings. The Morgan fingerprint density at radius 3 is 2.68 bits per heavy atom. The topological polar surface area (TPSA) is 81.4 Å². The quantitative estimate of drug-likeness (QED) is 0.635. The maximum absolute atomic E-state index is 11.9. The molecular weight excluding hydrogens is 244 g/mol. The summed E-state index contributed by atoms with van der Waals surface area (Å²) in [4.78, 5) is 23.5. The Kier molecular flexibility index (Phi) is 3.74. The molecule has 0 aromatic heterocycles. The number of nitrogens with one attached hydrogen (secondary N) is 1. The van der Waals surface area contributed by atoms with E-state index >= 15 is 0 Å². The molecule has 1 fully saturated rings. The van der Waals surface area contributed by atoms with Gasteiger partial charge in [0, 0.05) is 11.7 Å². The Balaban J connectivity index is 1.95. The zero-order valence-electron chi connectivity index (χ0n) is 11.1. The predicted molar refractivity (Wildman–Crippen MR) is 71.6 cm³/mol. The summed E-state index contributed by atoms with van der Waals surface area (Å²) in [5, 5.41) is 2.79. The SMILES string of the molecule is Cc1ccc(C(=O)OC(C)C(=O)NC2CC2)cc1N. The van der Waals surface area contributed by atoms with Crippen LogP contribution < -0.4 is 11.1 Å². The van der Waals surface area contributed by atoms with E-state index in [1.54, 1.807) is 25.1 Å². The molecule has 1 amide bonds. The van der Waals surface area contributed by atoms with E-state index in [4.69, 9.17) is 10.5 Å². The van der Waals surface area contributed by atoms with Crippen molar-refractivity contribution in [2.45, 2.75) is 38.8 Å². The van der Waals surface area contributed by atoms with Crippen LogP contribution in [0.3, 0.4) is 0 Å². The molecule has 1 unspecified atom stereocenters. The first-order chi connectivity index (χ1) is 8.97. The maximum Gasteiger partial charge on any atom is 0.338 e. The lowest BCUT2D eigenvalue weighted by atomic mass is 10.1. The number of anilines is 1. The van der Waals surface area contributed by atoms with E-state index in [0.717, 1.165) is 18.4 Å². The van der Waals surface area contributed by atoms with Gasteiger partial charge in [-0.1, -0.05) is 6.07 Å². The first kappa shape index (κ1) is 13.4. The summed E-state index contributed by atoms with van der Waals surface area (Å²) in [6, 6.07) is 5.20. The molecule has 0 heterocycles. The lowest BCUT2D eigenvalue weighted by molar-refractivity contribution is -0.129. The smallest absolute Gasteiger partial charge is 0.338 e. The third-order valence-electron chi connectivity index (χ3n) is 3.09. The van der Waals surface area contributed by atoms with Crippen LogP contribution >= 0.6 is 0 Å². The van der Waals surface area contributed by atoms with Crippen molar-refractivity contribution >= 4 is 17.6 Å². The molecule has 0 bridgehead atoms. The number of carbonyl (C=O) groups excluding carboxylic acids is 2. The van der Waals surface area contributed by atoms with Gasteiger partial charge in [-0.05, 0) is 44.4 Å². The van der Waals surface area contributed by atoms with Gasteiger partial charge in [-0.25, -0.2) is 4.79 Å². The fourth-order valence-electron chi connectivity index (χ4n) is 1.60. The molecule has 0 radical (unpaired) electrons. The van der Waals surface area contributed by atoms with Crippen molar-refractivity contribution in [3.8, 4) is 0 Å². The normalized spacial score (nSPS) is 15.7. The van der Waals surface area contributed by atoms with Crippen molar-refractivity contribution < 1.29 is 14.3 Å². The van der Waals surface area contributed by atoms with Crippen molar-refractivity contribution in [2.75, 3.05) is 5.73 Å². The van der Waals surface area contributed by atoms with Crippen LogP contribution in [0.4, 0.5) is 5.69 Å². The molecule has 19 heavy (non-hydrogen) atoms. The fourth-order valence-corrected chi connectivity index (χ4v) is 1.60. The van der Waals surface area contributed by atoms with Gasteiger partial charge in [0.1, 0.15) is 0 Å². The monoisotopic (exact) mass is 262 g/mol. The first-order valence-corrected chi connectivity index (χ1v) is 6.35. The highest BCUT2D eigenvalue weighted by Gasteiger charge is 2.27. The summed E-state index contributed by atoms with van der Waals surface area (Å²) in [5.41, 5.74) is 7.52. The van der Waals surface area contributed by atoms with Crippen molar-refractivity contribution in [1.82, 2.24) is 5.32 Å². The number of benzene rings is 1. The van der Waals surface area contributed by atoms with Crippen LogP contribution in [-0.4, -0.2) is 24.0 Å². The van der Waals surface area contributed by atoms with Gasteiger partial charge < -0.3 is 15.8 Å². The molecule has 2 rings (SSSR count). The Labute approximate surface area is 112 Å². The van der Waals surface area contributed by atoms with E-state index in [1.165, 1.54) is 0 Å². The van der Waals surface area contributed by atoms with Crippen LogP contribution in [0.1, 0.15) is 35.7 Å². The average Bonchev–Trinajstić information content (AvgIpc) is 3.16. The molecule has 5 heteroatoms. The van der Waals surface area contributed by atoms with Gasteiger partial charge in [0.15, 0.2) is 6.10 Å². The van der Waals surface area contributed by atoms with Crippen LogP contribution in [0, 0.1) is 6.92 Å². The lowest BCUT2D eigenvalue weighted by Crippen LogP contribution is -2.37. The van der Waals surface area contributed by atoms with Crippen molar-refractivity contribution in [3.05, 3.63) is 29.3 Å². The minimum atomic E-state index is -0.796. The Bertz CT molecular complexity index is 509. The molecule has 1 saturated carbocycles. The standard InChI is InChI=1S/C14H18N2O3/c1-8-3-4-10(7-12(8)15)14(18)19-9(2)13(17)16-11-5-6-11/h3-4,7,9,11H,5-6,15H2,1-2H3,(H,16,17). The van der Waals surface area contributed by atoms with Gasteiger partial charge in [0.05, 0.1) is 5.56 Å². The zero-order valence-corrected chi connectivity index (χ0v) is 11.1.